The number of pyridine rings is 1. The summed E-state index contributed by atoms with van der Waals surface area (Å²) < 4.78 is 27.4. The number of aromatic nitrogens is 1. The van der Waals surface area contributed by atoms with E-state index in [1.54, 1.807) is 23.6 Å². The summed E-state index contributed by atoms with van der Waals surface area (Å²) in [5.74, 6) is 0. The van der Waals surface area contributed by atoms with Gasteiger partial charge < -0.3 is 0 Å². The Morgan fingerprint density at radius 2 is 1.92 bits per heavy atom. The molecule has 1 N–H and O–H groups in total. The standard InChI is InChI=1S/C17H13N3O2S2/c18-11-13-5-7-15(8-6-13)24(21,22)20-12-14-3-1-9-19-17(14)16-4-2-10-23-16/h1-10,20H,12H2. The normalized spacial score (nSPS) is 11.1. The van der Waals surface area contributed by atoms with Gasteiger partial charge in [-0.05, 0) is 47.3 Å². The van der Waals surface area contributed by atoms with Crippen LogP contribution in [0.25, 0.3) is 10.6 Å². The van der Waals surface area contributed by atoms with Crippen molar-refractivity contribution in [3.8, 4) is 16.6 Å². The Bertz CT molecular complexity index is 973. The Morgan fingerprint density at radius 1 is 1.12 bits per heavy atom. The summed E-state index contributed by atoms with van der Waals surface area (Å²) in [5, 5.41) is 10.7. The molecule has 0 spiro atoms. The third-order valence-electron chi connectivity index (χ3n) is 3.39. The van der Waals surface area contributed by atoms with Crippen molar-refractivity contribution in [2.45, 2.75) is 11.4 Å². The Kier molecular flexibility index (Phi) is 4.71. The van der Waals surface area contributed by atoms with E-state index >= 15 is 0 Å². The molecule has 0 saturated heterocycles. The van der Waals surface area contributed by atoms with Crippen LogP contribution in [0, 0.1) is 11.3 Å². The van der Waals surface area contributed by atoms with E-state index in [-0.39, 0.29) is 11.4 Å². The first kappa shape index (κ1) is 16.3. The Balaban J connectivity index is 1.82. The quantitative estimate of drug-likeness (QED) is 0.762. The lowest BCUT2D eigenvalue weighted by atomic mass is 10.2. The van der Waals surface area contributed by atoms with Gasteiger partial charge in [0, 0.05) is 12.7 Å². The molecule has 0 radical (unpaired) electrons. The molecule has 0 saturated carbocycles. The third-order valence-corrected chi connectivity index (χ3v) is 5.69. The fraction of sp³-hybridized carbons (Fsp3) is 0.0588. The predicted octanol–water partition coefficient (Wildman–Crippen LogP) is 3.16. The predicted molar refractivity (Wildman–Crippen MR) is 92.7 cm³/mol. The zero-order chi connectivity index (χ0) is 17.0. The molecule has 1 aromatic carbocycles. The first-order valence-electron chi connectivity index (χ1n) is 7.08. The van der Waals surface area contributed by atoms with Gasteiger partial charge in [0.05, 0.1) is 27.1 Å². The van der Waals surface area contributed by atoms with E-state index < -0.39 is 10.0 Å². The van der Waals surface area contributed by atoms with E-state index in [0.717, 1.165) is 16.1 Å². The second-order valence-electron chi connectivity index (χ2n) is 4.95. The van der Waals surface area contributed by atoms with Crippen LogP contribution >= 0.6 is 11.3 Å². The first-order chi connectivity index (χ1) is 11.6. The fourth-order valence-electron chi connectivity index (χ4n) is 2.18. The summed E-state index contributed by atoms with van der Waals surface area (Å²) in [5.41, 5.74) is 1.99. The molecule has 24 heavy (non-hydrogen) atoms. The number of hydrogen-bond donors (Lipinski definition) is 1. The van der Waals surface area contributed by atoms with Crippen LogP contribution in [0.15, 0.2) is 65.0 Å². The summed E-state index contributed by atoms with van der Waals surface area (Å²) in [6.07, 6.45) is 1.69. The van der Waals surface area contributed by atoms with Crippen LogP contribution in [0.5, 0.6) is 0 Å². The maximum absolute atomic E-state index is 12.4. The maximum atomic E-state index is 12.4. The number of nitrogens with zero attached hydrogens (tertiary/aromatic N) is 2. The number of benzene rings is 1. The van der Waals surface area contributed by atoms with Crippen LogP contribution in [-0.2, 0) is 16.6 Å². The summed E-state index contributed by atoms with van der Waals surface area (Å²) in [6, 6.07) is 15.3. The summed E-state index contributed by atoms with van der Waals surface area (Å²) in [4.78, 5) is 5.47. The lowest BCUT2D eigenvalue weighted by Gasteiger charge is -2.09. The van der Waals surface area contributed by atoms with Crippen molar-refractivity contribution in [2.75, 3.05) is 0 Å². The number of sulfonamides is 1. The fourth-order valence-corrected chi connectivity index (χ4v) is 3.94. The maximum Gasteiger partial charge on any atom is 0.240 e. The largest absolute Gasteiger partial charge is 0.255 e. The molecule has 3 rings (SSSR count). The van der Waals surface area contributed by atoms with Crippen molar-refractivity contribution in [1.29, 1.82) is 5.26 Å². The molecule has 0 amide bonds. The highest BCUT2D eigenvalue weighted by molar-refractivity contribution is 7.89. The summed E-state index contributed by atoms with van der Waals surface area (Å²) in [6.45, 7) is 0.142. The highest BCUT2D eigenvalue weighted by Crippen LogP contribution is 2.26. The SMILES string of the molecule is N#Cc1ccc(S(=O)(=O)NCc2cccnc2-c2cccs2)cc1. The van der Waals surface area contributed by atoms with E-state index in [0.29, 0.717) is 5.56 Å². The van der Waals surface area contributed by atoms with Crippen molar-refractivity contribution >= 4 is 21.4 Å². The first-order valence-corrected chi connectivity index (χ1v) is 9.44. The molecule has 0 bridgehead atoms. The van der Waals surface area contributed by atoms with E-state index in [2.05, 4.69) is 9.71 Å². The topological polar surface area (TPSA) is 82.8 Å². The molecule has 2 heterocycles. The second-order valence-corrected chi connectivity index (χ2v) is 7.66. The van der Waals surface area contributed by atoms with Gasteiger partial charge in [-0.3, -0.25) is 4.98 Å². The zero-order valence-electron chi connectivity index (χ0n) is 12.5. The van der Waals surface area contributed by atoms with E-state index in [1.165, 1.54) is 24.3 Å². The van der Waals surface area contributed by atoms with Gasteiger partial charge in [0.2, 0.25) is 10.0 Å². The minimum absolute atomic E-state index is 0.128. The Labute approximate surface area is 144 Å². The molecule has 7 heteroatoms. The highest BCUT2D eigenvalue weighted by atomic mass is 32.2. The van der Waals surface area contributed by atoms with Crippen molar-refractivity contribution in [1.82, 2.24) is 9.71 Å². The summed E-state index contributed by atoms with van der Waals surface area (Å²) in [7, 11) is -3.65. The number of thiophene rings is 1. The van der Waals surface area contributed by atoms with Gasteiger partial charge in [-0.15, -0.1) is 11.3 Å². The number of rotatable bonds is 5. The van der Waals surface area contributed by atoms with Gasteiger partial charge in [-0.2, -0.15) is 5.26 Å². The van der Waals surface area contributed by atoms with E-state index in [4.69, 9.17) is 5.26 Å². The van der Waals surface area contributed by atoms with Crippen LogP contribution in [-0.4, -0.2) is 13.4 Å². The Hall–Kier alpha value is -2.53. The molecule has 0 aliphatic heterocycles. The number of hydrogen-bond acceptors (Lipinski definition) is 5. The van der Waals surface area contributed by atoms with Gasteiger partial charge in [-0.1, -0.05) is 12.1 Å². The molecular weight excluding hydrogens is 342 g/mol. The van der Waals surface area contributed by atoms with Crippen LogP contribution in [0.4, 0.5) is 0 Å². The van der Waals surface area contributed by atoms with Crippen LogP contribution in [0.2, 0.25) is 0 Å². The van der Waals surface area contributed by atoms with Crippen molar-refractivity contribution in [3.05, 3.63) is 71.2 Å². The van der Waals surface area contributed by atoms with Crippen LogP contribution < -0.4 is 4.72 Å². The zero-order valence-corrected chi connectivity index (χ0v) is 14.1. The molecule has 0 fully saturated rings. The number of nitriles is 1. The van der Waals surface area contributed by atoms with Crippen LogP contribution in [0.3, 0.4) is 0 Å². The third kappa shape index (κ3) is 3.51. The monoisotopic (exact) mass is 355 g/mol. The molecule has 0 atom stereocenters. The van der Waals surface area contributed by atoms with Crippen molar-refractivity contribution < 1.29 is 8.42 Å². The average molecular weight is 355 g/mol. The van der Waals surface area contributed by atoms with Gasteiger partial charge >= 0.3 is 0 Å². The molecule has 0 aliphatic rings. The van der Waals surface area contributed by atoms with Crippen LogP contribution in [0.1, 0.15) is 11.1 Å². The lowest BCUT2D eigenvalue weighted by Crippen LogP contribution is -2.23. The average Bonchev–Trinajstić information content (AvgIpc) is 3.15. The molecule has 3 aromatic rings. The minimum atomic E-state index is -3.65. The van der Waals surface area contributed by atoms with Gasteiger partial charge in [0.15, 0.2) is 0 Å². The highest BCUT2D eigenvalue weighted by Gasteiger charge is 2.15. The van der Waals surface area contributed by atoms with Crippen molar-refractivity contribution in [3.63, 3.8) is 0 Å². The number of nitrogens with one attached hydrogen (secondary N) is 1. The molecule has 5 nitrogen and oxygen atoms in total. The second kappa shape index (κ2) is 6.93. The van der Waals surface area contributed by atoms with Crippen molar-refractivity contribution in [2.24, 2.45) is 0 Å². The minimum Gasteiger partial charge on any atom is -0.255 e. The van der Waals surface area contributed by atoms with E-state index in [1.807, 2.05) is 29.6 Å². The molecule has 0 aliphatic carbocycles. The van der Waals surface area contributed by atoms with Gasteiger partial charge in [0.1, 0.15) is 0 Å². The Morgan fingerprint density at radius 3 is 2.58 bits per heavy atom. The summed E-state index contributed by atoms with van der Waals surface area (Å²) >= 11 is 1.55. The lowest BCUT2D eigenvalue weighted by molar-refractivity contribution is 0.581. The smallest absolute Gasteiger partial charge is 0.240 e. The van der Waals surface area contributed by atoms with Gasteiger partial charge in [-0.25, -0.2) is 13.1 Å². The molecule has 120 valence electrons. The van der Waals surface area contributed by atoms with Gasteiger partial charge in [0.25, 0.3) is 0 Å². The molecule has 0 unspecified atom stereocenters. The molecule has 2 aromatic heterocycles. The molecular formula is C17H13N3O2S2. The van der Waals surface area contributed by atoms with E-state index in [9.17, 15) is 8.42 Å².